The Hall–Kier alpha value is -4.32. The number of hydrogen-bond acceptors (Lipinski definition) is 6. The number of sulfonamides is 1. The highest BCUT2D eigenvalue weighted by Gasteiger charge is 2.30. The van der Waals surface area contributed by atoms with Crippen LogP contribution < -0.4 is 10.0 Å². The Balaban J connectivity index is 1.36. The molecule has 0 radical (unpaired) electrons. The van der Waals surface area contributed by atoms with E-state index in [0.717, 1.165) is 10.5 Å². The molecule has 2 heterocycles. The topological polar surface area (TPSA) is 125 Å². The van der Waals surface area contributed by atoms with Crippen LogP contribution in [-0.2, 0) is 22.2 Å². The number of aromatic nitrogens is 2. The molecule has 0 bridgehead atoms. The van der Waals surface area contributed by atoms with E-state index < -0.39 is 34.1 Å². The highest BCUT2D eigenvalue weighted by atomic mass is 32.2. The van der Waals surface area contributed by atoms with E-state index in [4.69, 9.17) is 0 Å². The summed E-state index contributed by atoms with van der Waals surface area (Å²) >= 11 is 0. The van der Waals surface area contributed by atoms with E-state index in [1.165, 1.54) is 12.1 Å². The molecule has 1 aliphatic heterocycles. The van der Waals surface area contributed by atoms with Crippen LogP contribution in [0.1, 0.15) is 24.5 Å². The molecule has 214 valence electrons. The summed E-state index contributed by atoms with van der Waals surface area (Å²) in [5.41, 5.74) is 3.25. The number of anilines is 2. The number of nitrogens with zero attached hydrogens (tertiary/aromatic N) is 3. The summed E-state index contributed by atoms with van der Waals surface area (Å²) in [6.45, 7) is 1.93. The first-order valence-corrected chi connectivity index (χ1v) is 14.8. The number of piperidine rings is 1. The molecule has 1 amide bonds. The third-order valence-electron chi connectivity index (χ3n) is 6.91. The number of nitrogens with one attached hydrogen (secondary N) is 2. The first-order chi connectivity index (χ1) is 19.6. The fraction of sp³-hybridized carbons (Fsp3) is 0.276. The van der Waals surface area contributed by atoms with Crippen molar-refractivity contribution in [1.29, 1.82) is 0 Å². The van der Waals surface area contributed by atoms with Gasteiger partial charge >= 0.3 is 6.09 Å². The lowest BCUT2D eigenvalue weighted by Crippen LogP contribution is -2.49. The second-order valence-corrected chi connectivity index (χ2v) is 11.7. The largest absolute Gasteiger partial charge is 0.465 e. The summed E-state index contributed by atoms with van der Waals surface area (Å²) in [7, 11) is -3.82. The number of carboxylic acid groups (broad SMARTS) is 1. The van der Waals surface area contributed by atoms with Crippen molar-refractivity contribution in [3.05, 3.63) is 83.8 Å². The third kappa shape index (κ3) is 6.71. The smallest absolute Gasteiger partial charge is 0.407 e. The molecule has 0 unspecified atom stereocenters. The number of amides is 1. The normalized spacial score (nSPS) is 17.4. The molecule has 0 saturated carbocycles. The van der Waals surface area contributed by atoms with Gasteiger partial charge < -0.3 is 15.3 Å². The van der Waals surface area contributed by atoms with Gasteiger partial charge in [-0.3, -0.25) is 4.72 Å². The maximum absolute atomic E-state index is 15.1. The molecule has 1 fully saturated rings. The van der Waals surface area contributed by atoms with Crippen LogP contribution in [0.25, 0.3) is 22.0 Å². The van der Waals surface area contributed by atoms with Crippen molar-refractivity contribution in [1.82, 2.24) is 14.9 Å². The SMILES string of the molecule is CCc1cc(-c2ccc(NS(=O)(=O)Cc3ccccc3)c(F)c2)cc2cnc(N[C@H]3C[C@H](F)CN(C(=O)O)C3)nc12. The lowest BCUT2D eigenvalue weighted by Gasteiger charge is -2.33. The van der Waals surface area contributed by atoms with Gasteiger partial charge in [-0.1, -0.05) is 43.3 Å². The molecular weight excluding hydrogens is 552 g/mol. The minimum atomic E-state index is -3.82. The number of carbonyl (C=O) groups is 1. The predicted octanol–water partition coefficient (Wildman–Crippen LogP) is 5.44. The van der Waals surface area contributed by atoms with Gasteiger partial charge in [-0.25, -0.2) is 32.0 Å². The Morgan fingerprint density at radius 3 is 2.59 bits per heavy atom. The van der Waals surface area contributed by atoms with Crippen LogP contribution in [0.15, 0.2) is 66.9 Å². The molecule has 0 aliphatic carbocycles. The van der Waals surface area contributed by atoms with E-state index in [-0.39, 0.29) is 36.9 Å². The fourth-order valence-electron chi connectivity index (χ4n) is 4.98. The van der Waals surface area contributed by atoms with Crippen molar-refractivity contribution in [2.75, 3.05) is 23.1 Å². The third-order valence-corrected chi connectivity index (χ3v) is 8.16. The number of likely N-dealkylation sites (tertiary alicyclic amines) is 1. The first kappa shape index (κ1) is 28.2. The van der Waals surface area contributed by atoms with Gasteiger partial charge in [-0.15, -0.1) is 0 Å². The minimum absolute atomic E-state index is 0.126. The summed E-state index contributed by atoms with van der Waals surface area (Å²) in [5, 5.41) is 13.0. The van der Waals surface area contributed by atoms with E-state index in [0.29, 0.717) is 34.0 Å². The van der Waals surface area contributed by atoms with Crippen molar-refractivity contribution >= 4 is 38.7 Å². The number of aryl methyl sites for hydroxylation is 1. The number of halogens is 2. The molecule has 9 nitrogen and oxygen atoms in total. The zero-order chi connectivity index (χ0) is 29.1. The maximum Gasteiger partial charge on any atom is 0.407 e. The van der Waals surface area contributed by atoms with Gasteiger partial charge in [0.25, 0.3) is 0 Å². The molecule has 12 heteroatoms. The van der Waals surface area contributed by atoms with Crippen LogP contribution in [-0.4, -0.2) is 59.8 Å². The Morgan fingerprint density at radius 1 is 1.10 bits per heavy atom. The van der Waals surface area contributed by atoms with Crippen LogP contribution in [0.5, 0.6) is 0 Å². The van der Waals surface area contributed by atoms with Gasteiger partial charge in [0.1, 0.15) is 12.0 Å². The molecule has 5 rings (SSSR count). The average Bonchev–Trinajstić information content (AvgIpc) is 2.93. The zero-order valence-corrected chi connectivity index (χ0v) is 23.0. The van der Waals surface area contributed by atoms with E-state index in [1.54, 1.807) is 42.6 Å². The van der Waals surface area contributed by atoms with Crippen LogP contribution >= 0.6 is 0 Å². The number of fused-ring (bicyclic) bond motifs is 1. The highest BCUT2D eigenvalue weighted by molar-refractivity contribution is 7.91. The van der Waals surface area contributed by atoms with E-state index in [2.05, 4.69) is 20.0 Å². The summed E-state index contributed by atoms with van der Waals surface area (Å²) in [6, 6.07) is 16.2. The van der Waals surface area contributed by atoms with Crippen molar-refractivity contribution in [2.24, 2.45) is 0 Å². The number of rotatable bonds is 8. The van der Waals surface area contributed by atoms with Crippen molar-refractivity contribution in [2.45, 2.75) is 37.7 Å². The van der Waals surface area contributed by atoms with Gasteiger partial charge in [0.15, 0.2) is 0 Å². The molecule has 3 N–H and O–H groups in total. The van der Waals surface area contributed by atoms with Gasteiger partial charge in [0.05, 0.1) is 23.5 Å². The second kappa shape index (κ2) is 11.7. The van der Waals surface area contributed by atoms with E-state index in [1.807, 2.05) is 19.1 Å². The number of hydrogen-bond donors (Lipinski definition) is 3. The molecule has 1 aliphatic rings. The summed E-state index contributed by atoms with van der Waals surface area (Å²) in [4.78, 5) is 21.3. The molecular formula is C29H29F2N5O4S. The average molecular weight is 582 g/mol. The standard InChI is InChI=1S/C29H29F2N5O4S/c1-2-19-10-21(20-8-9-26(25(31)12-20)35-41(39,40)17-18-6-4-3-5-7-18)11-22-14-32-28(34-27(19)22)33-24-13-23(30)15-36(16-24)29(37)38/h3-12,14,23-24,35H,2,13,15-17H2,1H3,(H,37,38)(H,32,33,34)/t23-,24-/m0/s1. The number of benzene rings is 3. The van der Waals surface area contributed by atoms with Crippen LogP contribution in [0, 0.1) is 5.82 Å². The Kier molecular flexibility index (Phi) is 8.02. The van der Waals surface area contributed by atoms with Gasteiger partial charge in [0.2, 0.25) is 16.0 Å². The Bertz CT molecular complexity index is 1690. The molecule has 3 aromatic carbocycles. The fourth-order valence-corrected chi connectivity index (χ4v) is 6.18. The van der Waals surface area contributed by atoms with E-state index in [9.17, 15) is 22.7 Å². The summed E-state index contributed by atoms with van der Waals surface area (Å²) in [6.07, 6.45) is -0.0792. The lowest BCUT2D eigenvalue weighted by molar-refractivity contribution is 0.102. The summed E-state index contributed by atoms with van der Waals surface area (Å²) < 4.78 is 56.6. The lowest BCUT2D eigenvalue weighted by atomic mass is 9.98. The monoisotopic (exact) mass is 581 g/mol. The van der Waals surface area contributed by atoms with Gasteiger partial charge in [-0.2, -0.15) is 0 Å². The van der Waals surface area contributed by atoms with Crippen LogP contribution in [0.2, 0.25) is 0 Å². The van der Waals surface area contributed by atoms with Crippen LogP contribution in [0.4, 0.5) is 25.2 Å². The zero-order valence-electron chi connectivity index (χ0n) is 22.2. The molecule has 4 aromatic rings. The maximum atomic E-state index is 15.1. The molecule has 1 aromatic heterocycles. The van der Waals surface area contributed by atoms with Gasteiger partial charge in [0, 0.05) is 30.6 Å². The summed E-state index contributed by atoms with van der Waals surface area (Å²) in [5.74, 6) is -0.715. The molecule has 2 atom stereocenters. The predicted molar refractivity (Wildman–Crippen MR) is 154 cm³/mol. The van der Waals surface area contributed by atoms with Crippen molar-refractivity contribution in [3.8, 4) is 11.1 Å². The molecule has 0 spiro atoms. The first-order valence-electron chi connectivity index (χ1n) is 13.1. The van der Waals surface area contributed by atoms with Crippen molar-refractivity contribution < 1.29 is 27.1 Å². The Morgan fingerprint density at radius 2 is 1.88 bits per heavy atom. The van der Waals surface area contributed by atoms with E-state index >= 15 is 4.39 Å². The number of alkyl halides is 1. The van der Waals surface area contributed by atoms with Crippen molar-refractivity contribution in [3.63, 3.8) is 0 Å². The molecule has 1 saturated heterocycles. The second-order valence-electron chi connectivity index (χ2n) is 10.0. The molecule has 41 heavy (non-hydrogen) atoms. The van der Waals surface area contributed by atoms with Crippen LogP contribution in [0.3, 0.4) is 0 Å². The Labute approximate surface area is 236 Å². The highest BCUT2D eigenvalue weighted by Crippen LogP contribution is 2.30. The van der Waals surface area contributed by atoms with Gasteiger partial charge in [-0.05, 0) is 52.9 Å². The quantitative estimate of drug-likeness (QED) is 0.253. The minimum Gasteiger partial charge on any atom is -0.465 e.